The van der Waals surface area contributed by atoms with Gasteiger partial charge in [-0.3, -0.25) is 0 Å². The van der Waals surface area contributed by atoms with Gasteiger partial charge in [0.1, 0.15) is 5.60 Å². The fourth-order valence-electron chi connectivity index (χ4n) is 3.24. The van der Waals surface area contributed by atoms with E-state index in [0.717, 1.165) is 13.0 Å². The van der Waals surface area contributed by atoms with Crippen LogP contribution in [0.1, 0.15) is 58.6 Å². The van der Waals surface area contributed by atoms with Gasteiger partial charge in [0.05, 0.1) is 6.33 Å². The van der Waals surface area contributed by atoms with Crippen molar-refractivity contribution in [2.75, 3.05) is 12.8 Å². The first-order valence-electron chi connectivity index (χ1n) is 8.85. The number of thioether (sulfide) groups is 1. The zero-order valence-corrected chi connectivity index (χ0v) is 16.2. The standard InChI is InChI=1S/C18H31N3O2S/c1-17(2,3)23-16(22)20-11-8-15-12-19-14-21(15)13-18(24-4)9-6-5-7-10-18/h12,14H,5-11,13H2,1-4H3,(H,20,22). The van der Waals surface area contributed by atoms with E-state index in [1.165, 1.54) is 37.8 Å². The molecule has 24 heavy (non-hydrogen) atoms. The van der Waals surface area contributed by atoms with Crippen molar-refractivity contribution in [3.05, 3.63) is 18.2 Å². The number of carbonyl (C=O) groups excluding carboxylic acids is 1. The highest BCUT2D eigenvalue weighted by Crippen LogP contribution is 2.40. The number of nitrogens with zero attached hydrogens (tertiary/aromatic N) is 2. The lowest BCUT2D eigenvalue weighted by Gasteiger charge is -2.36. The second kappa shape index (κ2) is 8.28. The third-order valence-corrected chi connectivity index (χ3v) is 5.91. The quantitative estimate of drug-likeness (QED) is 0.839. The van der Waals surface area contributed by atoms with E-state index < -0.39 is 5.60 Å². The number of alkyl carbamates (subject to hydrolysis) is 1. The molecule has 0 bridgehead atoms. The fourth-order valence-corrected chi connectivity index (χ4v) is 4.20. The van der Waals surface area contributed by atoms with Crippen LogP contribution in [0.3, 0.4) is 0 Å². The maximum Gasteiger partial charge on any atom is 0.407 e. The molecule has 6 heteroatoms. The van der Waals surface area contributed by atoms with E-state index in [1.54, 1.807) is 0 Å². The van der Waals surface area contributed by atoms with Crippen molar-refractivity contribution in [2.24, 2.45) is 0 Å². The van der Waals surface area contributed by atoms with Gasteiger partial charge in [0.2, 0.25) is 0 Å². The van der Waals surface area contributed by atoms with Crippen molar-refractivity contribution in [1.29, 1.82) is 0 Å². The van der Waals surface area contributed by atoms with E-state index in [1.807, 2.05) is 45.1 Å². The number of nitrogens with one attached hydrogen (secondary N) is 1. The molecule has 1 aliphatic carbocycles. The summed E-state index contributed by atoms with van der Waals surface area (Å²) in [5.74, 6) is 0. The molecule has 0 radical (unpaired) electrons. The highest BCUT2D eigenvalue weighted by molar-refractivity contribution is 8.00. The lowest BCUT2D eigenvalue weighted by molar-refractivity contribution is 0.0528. The molecular weight excluding hydrogens is 322 g/mol. The fraction of sp³-hybridized carbons (Fsp3) is 0.778. The van der Waals surface area contributed by atoms with Gasteiger partial charge in [-0.2, -0.15) is 11.8 Å². The summed E-state index contributed by atoms with van der Waals surface area (Å²) in [7, 11) is 0. The first-order valence-corrected chi connectivity index (χ1v) is 10.1. The van der Waals surface area contributed by atoms with Crippen LogP contribution in [0.25, 0.3) is 0 Å². The molecule has 0 aliphatic heterocycles. The van der Waals surface area contributed by atoms with Gasteiger partial charge in [0, 0.05) is 36.1 Å². The number of hydrogen-bond donors (Lipinski definition) is 1. The second-order valence-electron chi connectivity index (χ2n) is 7.64. The summed E-state index contributed by atoms with van der Waals surface area (Å²) in [6.45, 7) is 7.18. The molecule has 2 rings (SSSR count). The van der Waals surface area contributed by atoms with Gasteiger partial charge in [0.15, 0.2) is 0 Å². The van der Waals surface area contributed by atoms with Crippen molar-refractivity contribution in [3.8, 4) is 0 Å². The van der Waals surface area contributed by atoms with Crippen LogP contribution in [0.4, 0.5) is 4.79 Å². The smallest absolute Gasteiger partial charge is 0.407 e. The van der Waals surface area contributed by atoms with E-state index in [4.69, 9.17) is 4.74 Å². The molecule has 5 nitrogen and oxygen atoms in total. The summed E-state index contributed by atoms with van der Waals surface area (Å²) in [5.41, 5.74) is 0.711. The van der Waals surface area contributed by atoms with Crippen LogP contribution in [0.5, 0.6) is 0 Å². The molecule has 1 N–H and O–H groups in total. The SMILES string of the molecule is CSC1(Cn2cncc2CCNC(=O)OC(C)(C)C)CCCCC1. The van der Waals surface area contributed by atoms with Crippen molar-refractivity contribution in [2.45, 2.75) is 76.2 Å². The van der Waals surface area contributed by atoms with E-state index in [2.05, 4.69) is 21.1 Å². The molecule has 136 valence electrons. The third-order valence-electron chi connectivity index (χ3n) is 4.50. The maximum atomic E-state index is 11.7. The molecule has 1 aromatic heterocycles. The molecule has 1 saturated carbocycles. The number of aromatic nitrogens is 2. The summed E-state index contributed by atoms with van der Waals surface area (Å²) < 4.78 is 7.87. The molecule has 1 heterocycles. The van der Waals surface area contributed by atoms with Crippen molar-refractivity contribution in [3.63, 3.8) is 0 Å². The Balaban J connectivity index is 1.87. The molecule has 0 aromatic carbocycles. The summed E-state index contributed by atoms with van der Waals surface area (Å²) >= 11 is 2.00. The normalized spacial score (nSPS) is 17.5. The van der Waals surface area contributed by atoms with E-state index in [0.29, 0.717) is 11.3 Å². The lowest BCUT2D eigenvalue weighted by atomic mass is 9.88. The summed E-state index contributed by atoms with van der Waals surface area (Å²) in [4.78, 5) is 16.0. The Bertz CT molecular complexity index is 531. The first kappa shape index (κ1) is 19.2. The molecular formula is C18H31N3O2S. The minimum Gasteiger partial charge on any atom is -0.444 e. The van der Waals surface area contributed by atoms with Gasteiger partial charge in [-0.1, -0.05) is 19.3 Å². The Morgan fingerprint density at radius 3 is 2.71 bits per heavy atom. The highest BCUT2D eigenvalue weighted by Gasteiger charge is 2.32. The summed E-state index contributed by atoms with van der Waals surface area (Å²) in [6, 6.07) is 0. The van der Waals surface area contributed by atoms with Crippen LogP contribution in [-0.4, -0.2) is 38.8 Å². The van der Waals surface area contributed by atoms with Crippen molar-refractivity contribution in [1.82, 2.24) is 14.9 Å². The molecule has 0 atom stereocenters. The van der Waals surface area contributed by atoms with Crippen LogP contribution in [-0.2, 0) is 17.7 Å². The van der Waals surface area contributed by atoms with Crippen molar-refractivity contribution < 1.29 is 9.53 Å². The Morgan fingerprint density at radius 2 is 2.08 bits per heavy atom. The van der Waals surface area contributed by atoms with Gasteiger partial charge in [-0.15, -0.1) is 0 Å². The second-order valence-corrected chi connectivity index (χ2v) is 8.91. The molecule has 1 amide bonds. The van der Waals surface area contributed by atoms with Crippen LogP contribution in [0.15, 0.2) is 12.5 Å². The molecule has 1 aliphatic rings. The van der Waals surface area contributed by atoms with E-state index in [-0.39, 0.29) is 6.09 Å². The largest absolute Gasteiger partial charge is 0.444 e. The zero-order valence-electron chi connectivity index (χ0n) is 15.4. The lowest BCUT2D eigenvalue weighted by Crippen LogP contribution is -2.35. The molecule has 0 unspecified atom stereocenters. The minimum atomic E-state index is -0.461. The number of imidazole rings is 1. The predicted molar refractivity (Wildman–Crippen MR) is 99.5 cm³/mol. The average Bonchev–Trinajstić information content (AvgIpc) is 2.93. The number of rotatable bonds is 6. The number of hydrogen-bond acceptors (Lipinski definition) is 4. The predicted octanol–water partition coefficient (Wildman–Crippen LogP) is 4.02. The molecule has 0 saturated heterocycles. The minimum absolute atomic E-state index is 0.340. The highest BCUT2D eigenvalue weighted by atomic mass is 32.2. The Hall–Kier alpha value is -1.17. The Morgan fingerprint density at radius 1 is 1.38 bits per heavy atom. The molecule has 1 aromatic rings. The van der Waals surface area contributed by atoms with Gasteiger partial charge in [-0.05, 0) is 39.9 Å². The van der Waals surface area contributed by atoms with Crippen LogP contribution in [0, 0.1) is 0 Å². The average molecular weight is 354 g/mol. The van der Waals surface area contributed by atoms with E-state index >= 15 is 0 Å². The molecule has 0 spiro atoms. The number of amides is 1. The van der Waals surface area contributed by atoms with Gasteiger partial charge in [-0.25, -0.2) is 9.78 Å². The topological polar surface area (TPSA) is 56.2 Å². The van der Waals surface area contributed by atoms with Crippen LogP contribution < -0.4 is 5.32 Å². The number of carbonyl (C=O) groups is 1. The summed E-state index contributed by atoms with van der Waals surface area (Å²) in [5, 5.41) is 2.82. The monoisotopic (exact) mass is 353 g/mol. The Labute approximate surface area is 149 Å². The summed E-state index contributed by atoms with van der Waals surface area (Å²) in [6.07, 6.45) is 13.0. The van der Waals surface area contributed by atoms with Crippen LogP contribution >= 0.6 is 11.8 Å². The molecule has 1 fully saturated rings. The van der Waals surface area contributed by atoms with Gasteiger partial charge < -0.3 is 14.6 Å². The number of ether oxygens (including phenoxy) is 1. The van der Waals surface area contributed by atoms with Gasteiger partial charge >= 0.3 is 6.09 Å². The first-order chi connectivity index (χ1) is 11.3. The maximum absolute atomic E-state index is 11.7. The van der Waals surface area contributed by atoms with E-state index in [9.17, 15) is 4.79 Å². The van der Waals surface area contributed by atoms with Crippen LogP contribution in [0.2, 0.25) is 0 Å². The third kappa shape index (κ3) is 5.72. The Kier molecular flexibility index (Phi) is 6.61. The zero-order chi connectivity index (χ0) is 17.6. The van der Waals surface area contributed by atoms with Gasteiger partial charge in [0.25, 0.3) is 0 Å². The van der Waals surface area contributed by atoms with Crippen molar-refractivity contribution >= 4 is 17.9 Å².